The molecule has 2 atom stereocenters. The molecule has 1 N–H and O–H groups in total. The van der Waals surface area contributed by atoms with Crippen LogP contribution in [0.25, 0.3) is 0 Å². The number of hydrogen-bond acceptors (Lipinski definition) is 2. The summed E-state index contributed by atoms with van der Waals surface area (Å²) in [5.74, 6) is 0.520. The highest BCUT2D eigenvalue weighted by Gasteiger charge is 2.25. The topological polar surface area (TPSA) is 29.1 Å². The molecule has 0 heterocycles. The van der Waals surface area contributed by atoms with Crippen molar-refractivity contribution in [3.8, 4) is 0 Å². The highest BCUT2D eigenvalue weighted by Crippen LogP contribution is 2.27. The standard InChI is InChI=1S/C15H20ClNOS/c1-19-14-5-3-2-4-13(14)17-15(18)12-8-6-11(10-16)7-9-12/h6-9,13-14H,2-5,10H2,1H3,(H,17,18). The quantitative estimate of drug-likeness (QED) is 0.856. The summed E-state index contributed by atoms with van der Waals surface area (Å²) in [6.45, 7) is 0. The number of carbonyl (C=O) groups is 1. The third-order valence-corrected chi connectivity index (χ3v) is 5.17. The van der Waals surface area contributed by atoms with Crippen LogP contribution in [0.1, 0.15) is 41.6 Å². The molecule has 2 unspecified atom stereocenters. The lowest BCUT2D eigenvalue weighted by atomic mass is 9.94. The lowest BCUT2D eigenvalue weighted by Crippen LogP contribution is -2.43. The van der Waals surface area contributed by atoms with Crippen LogP contribution >= 0.6 is 23.4 Å². The van der Waals surface area contributed by atoms with E-state index in [4.69, 9.17) is 11.6 Å². The van der Waals surface area contributed by atoms with Crippen molar-refractivity contribution < 1.29 is 4.79 Å². The van der Waals surface area contributed by atoms with E-state index in [2.05, 4.69) is 11.6 Å². The van der Waals surface area contributed by atoms with E-state index in [-0.39, 0.29) is 5.91 Å². The van der Waals surface area contributed by atoms with E-state index in [9.17, 15) is 4.79 Å². The van der Waals surface area contributed by atoms with Crippen LogP contribution in [-0.2, 0) is 5.88 Å². The number of amides is 1. The van der Waals surface area contributed by atoms with Gasteiger partial charge in [0.25, 0.3) is 5.91 Å². The fourth-order valence-corrected chi connectivity index (χ4v) is 3.65. The molecule has 1 aromatic rings. The smallest absolute Gasteiger partial charge is 0.251 e. The molecule has 1 aliphatic rings. The third-order valence-electron chi connectivity index (χ3n) is 3.69. The minimum absolute atomic E-state index is 0.0343. The predicted octanol–water partition coefficient (Wildman–Crippen LogP) is 3.83. The molecular formula is C15H20ClNOS. The number of nitrogens with one attached hydrogen (secondary N) is 1. The molecule has 0 aromatic heterocycles. The first-order valence-electron chi connectivity index (χ1n) is 6.73. The van der Waals surface area contributed by atoms with Gasteiger partial charge in [0, 0.05) is 22.7 Å². The second-order valence-electron chi connectivity index (χ2n) is 4.97. The van der Waals surface area contributed by atoms with Gasteiger partial charge in [0.1, 0.15) is 0 Å². The van der Waals surface area contributed by atoms with Crippen molar-refractivity contribution in [2.24, 2.45) is 0 Å². The van der Waals surface area contributed by atoms with E-state index in [1.165, 1.54) is 19.3 Å². The Morgan fingerprint density at radius 2 is 2.00 bits per heavy atom. The van der Waals surface area contributed by atoms with E-state index < -0.39 is 0 Å². The van der Waals surface area contributed by atoms with E-state index in [0.717, 1.165) is 17.5 Å². The van der Waals surface area contributed by atoms with Crippen LogP contribution in [0.3, 0.4) is 0 Å². The van der Waals surface area contributed by atoms with Crippen LogP contribution in [0.2, 0.25) is 0 Å². The zero-order valence-corrected chi connectivity index (χ0v) is 12.8. The molecule has 0 aliphatic heterocycles. The van der Waals surface area contributed by atoms with Crippen LogP contribution in [0.15, 0.2) is 24.3 Å². The Balaban J connectivity index is 1.98. The van der Waals surface area contributed by atoms with E-state index in [1.807, 2.05) is 36.0 Å². The molecular weight excluding hydrogens is 278 g/mol. The van der Waals surface area contributed by atoms with Gasteiger partial charge in [0.15, 0.2) is 0 Å². The van der Waals surface area contributed by atoms with Crippen molar-refractivity contribution in [2.45, 2.75) is 42.9 Å². The lowest BCUT2D eigenvalue weighted by Gasteiger charge is -2.30. The summed E-state index contributed by atoms with van der Waals surface area (Å²) in [4.78, 5) is 12.2. The number of thioether (sulfide) groups is 1. The fourth-order valence-electron chi connectivity index (χ4n) is 2.54. The Bertz CT molecular complexity index is 421. The molecule has 104 valence electrons. The zero-order valence-electron chi connectivity index (χ0n) is 11.2. The van der Waals surface area contributed by atoms with Crippen LogP contribution < -0.4 is 5.32 Å². The SMILES string of the molecule is CSC1CCCCC1NC(=O)c1ccc(CCl)cc1. The third kappa shape index (κ3) is 3.90. The van der Waals surface area contributed by atoms with Gasteiger partial charge in [-0.15, -0.1) is 11.6 Å². The molecule has 1 saturated carbocycles. The van der Waals surface area contributed by atoms with E-state index in [0.29, 0.717) is 17.2 Å². The Morgan fingerprint density at radius 3 is 2.63 bits per heavy atom. The number of carbonyl (C=O) groups excluding carboxylic acids is 1. The Kier molecular flexibility index (Phi) is 5.59. The number of benzene rings is 1. The van der Waals surface area contributed by atoms with Gasteiger partial charge >= 0.3 is 0 Å². The monoisotopic (exact) mass is 297 g/mol. The number of hydrogen-bond donors (Lipinski definition) is 1. The van der Waals surface area contributed by atoms with Crippen LogP contribution in [0.5, 0.6) is 0 Å². The lowest BCUT2D eigenvalue weighted by molar-refractivity contribution is 0.0929. The van der Waals surface area contributed by atoms with Crippen molar-refractivity contribution in [3.63, 3.8) is 0 Å². The highest BCUT2D eigenvalue weighted by atomic mass is 35.5. The zero-order chi connectivity index (χ0) is 13.7. The molecule has 2 rings (SSSR count). The van der Waals surface area contributed by atoms with Crippen molar-refractivity contribution in [2.75, 3.05) is 6.26 Å². The van der Waals surface area contributed by atoms with Crippen LogP contribution in [-0.4, -0.2) is 23.5 Å². The molecule has 1 aromatic carbocycles. The van der Waals surface area contributed by atoms with Crippen LogP contribution in [0.4, 0.5) is 0 Å². The highest BCUT2D eigenvalue weighted by molar-refractivity contribution is 7.99. The fraction of sp³-hybridized carbons (Fsp3) is 0.533. The van der Waals surface area contributed by atoms with Gasteiger partial charge < -0.3 is 5.32 Å². The average Bonchev–Trinajstić information content (AvgIpc) is 2.48. The first-order valence-corrected chi connectivity index (χ1v) is 8.55. The second-order valence-corrected chi connectivity index (χ2v) is 6.31. The molecule has 19 heavy (non-hydrogen) atoms. The normalized spacial score (nSPS) is 23.1. The molecule has 0 radical (unpaired) electrons. The Labute approximate surface area is 124 Å². The van der Waals surface area contributed by atoms with Gasteiger partial charge in [-0.05, 0) is 36.8 Å². The molecule has 0 bridgehead atoms. The van der Waals surface area contributed by atoms with Gasteiger partial charge in [-0.3, -0.25) is 4.79 Å². The summed E-state index contributed by atoms with van der Waals surface area (Å²) in [6, 6.07) is 7.83. The summed E-state index contributed by atoms with van der Waals surface area (Å²) in [5.41, 5.74) is 1.76. The van der Waals surface area contributed by atoms with Crippen molar-refractivity contribution >= 4 is 29.3 Å². The summed E-state index contributed by atoms with van der Waals surface area (Å²) < 4.78 is 0. The molecule has 0 spiro atoms. The Hall–Kier alpha value is -0.670. The molecule has 4 heteroatoms. The maximum Gasteiger partial charge on any atom is 0.251 e. The second kappa shape index (κ2) is 7.20. The summed E-state index contributed by atoms with van der Waals surface area (Å²) in [6.07, 6.45) is 6.92. The molecule has 1 fully saturated rings. The van der Waals surface area contributed by atoms with E-state index >= 15 is 0 Å². The van der Waals surface area contributed by atoms with Crippen LogP contribution in [0, 0.1) is 0 Å². The molecule has 2 nitrogen and oxygen atoms in total. The van der Waals surface area contributed by atoms with Gasteiger partial charge in [0.05, 0.1) is 0 Å². The number of alkyl halides is 1. The van der Waals surface area contributed by atoms with Crippen molar-refractivity contribution in [1.82, 2.24) is 5.32 Å². The van der Waals surface area contributed by atoms with Gasteiger partial charge in [-0.25, -0.2) is 0 Å². The van der Waals surface area contributed by atoms with Crippen molar-refractivity contribution in [1.29, 1.82) is 0 Å². The number of halogens is 1. The van der Waals surface area contributed by atoms with Crippen molar-refractivity contribution in [3.05, 3.63) is 35.4 Å². The molecule has 1 aliphatic carbocycles. The first kappa shape index (κ1) is 14.7. The van der Waals surface area contributed by atoms with Gasteiger partial charge in [-0.1, -0.05) is 25.0 Å². The number of rotatable bonds is 4. The average molecular weight is 298 g/mol. The van der Waals surface area contributed by atoms with E-state index in [1.54, 1.807) is 0 Å². The maximum atomic E-state index is 12.2. The minimum atomic E-state index is 0.0343. The summed E-state index contributed by atoms with van der Waals surface area (Å²) in [5, 5.41) is 3.74. The minimum Gasteiger partial charge on any atom is -0.348 e. The summed E-state index contributed by atoms with van der Waals surface area (Å²) in [7, 11) is 0. The Morgan fingerprint density at radius 1 is 1.32 bits per heavy atom. The summed E-state index contributed by atoms with van der Waals surface area (Å²) >= 11 is 7.61. The van der Waals surface area contributed by atoms with Gasteiger partial charge in [-0.2, -0.15) is 11.8 Å². The van der Waals surface area contributed by atoms with Gasteiger partial charge in [0.2, 0.25) is 0 Å². The predicted molar refractivity (Wildman–Crippen MR) is 83.0 cm³/mol. The largest absolute Gasteiger partial charge is 0.348 e. The molecule has 1 amide bonds. The first-order chi connectivity index (χ1) is 9.24. The maximum absolute atomic E-state index is 12.2. The molecule has 0 saturated heterocycles.